The number of aromatic nitrogens is 2. The number of rotatable bonds is 4. The van der Waals surface area contributed by atoms with E-state index in [0.717, 1.165) is 17.7 Å². The van der Waals surface area contributed by atoms with Gasteiger partial charge >= 0.3 is 5.97 Å². The molecule has 0 bridgehead atoms. The van der Waals surface area contributed by atoms with E-state index in [1.807, 2.05) is 0 Å². The summed E-state index contributed by atoms with van der Waals surface area (Å²) in [5, 5.41) is 13.3. The second-order valence-electron chi connectivity index (χ2n) is 6.13. The van der Waals surface area contributed by atoms with E-state index in [1.165, 1.54) is 32.0 Å². The Hall–Kier alpha value is -2.17. The normalized spacial score (nSPS) is 17.0. The van der Waals surface area contributed by atoms with Crippen LogP contribution in [0.25, 0.3) is 10.9 Å². The van der Waals surface area contributed by atoms with Crippen molar-refractivity contribution in [1.82, 2.24) is 9.97 Å². The zero-order chi connectivity index (χ0) is 14.9. The minimum atomic E-state index is -0.941. The third-order valence-corrected chi connectivity index (χ3v) is 4.38. The summed E-state index contributed by atoms with van der Waals surface area (Å²) in [6.07, 6.45) is 6.56. The lowest BCUT2D eigenvalue weighted by Gasteiger charge is -2.24. The molecule has 1 fully saturated rings. The Kier molecular flexibility index (Phi) is 3.49. The fourth-order valence-corrected chi connectivity index (χ4v) is 3.03. The molecule has 1 aliphatic carbocycles. The molecule has 0 amide bonds. The predicted octanol–water partition coefficient (Wildman–Crippen LogP) is 3.32. The van der Waals surface area contributed by atoms with Crippen LogP contribution in [0, 0.1) is 5.41 Å². The van der Waals surface area contributed by atoms with Gasteiger partial charge in [-0.1, -0.05) is 19.8 Å². The second-order valence-corrected chi connectivity index (χ2v) is 6.13. The van der Waals surface area contributed by atoms with Crippen LogP contribution < -0.4 is 5.32 Å². The van der Waals surface area contributed by atoms with Crippen molar-refractivity contribution >= 4 is 22.7 Å². The molecule has 3 rings (SSSR count). The van der Waals surface area contributed by atoms with Gasteiger partial charge in [-0.15, -0.1) is 0 Å². The highest BCUT2D eigenvalue weighted by Gasteiger charge is 2.28. The first-order chi connectivity index (χ1) is 10.1. The maximum Gasteiger partial charge on any atom is 0.335 e. The van der Waals surface area contributed by atoms with Crippen molar-refractivity contribution in [2.75, 3.05) is 11.9 Å². The quantitative estimate of drug-likeness (QED) is 0.901. The van der Waals surface area contributed by atoms with Crippen molar-refractivity contribution in [3.05, 3.63) is 30.1 Å². The number of carbonyl (C=O) groups is 1. The molecule has 21 heavy (non-hydrogen) atoms. The maximum atomic E-state index is 11.0. The first-order valence-electron chi connectivity index (χ1n) is 7.29. The molecular weight excluding hydrogens is 266 g/mol. The fourth-order valence-electron chi connectivity index (χ4n) is 3.03. The van der Waals surface area contributed by atoms with Crippen molar-refractivity contribution in [3.8, 4) is 0 Å². The first kappa shape index (κ1) is 13.8. The summed E-state index contributed by atoms with van der Waals surface area (Å²) in [5.74, 6) is -0.159. The van der Waals surface area contributed by atoms with E-state index in [4.69, 9.17) is 5.11 Å². The van der Waals surface area contributed by atoms with E-state index in [-0.39, 0.29) is 5.56 Å². The van der Waals surface area contributed by atoms with Crippen LogP contribution in [0.3, 0.4) is 0 Å². The lowest BCUT2D eigenvalue weighted by Crippen LogP contribution is -2.23. The number of benzene rings is 1. The van der Waals surface area contributed by atoms with Crippen LogP contribution in [0.15, 0.2) is 24.5 Å². The fraction of sp³-hybridized carbons (Fsp3) is 0.438. The van der Waals surface area contributed by atoms with E-state index >= 15 is 0 Å². The van der Waals surface area contributed by atoms with Crippen LogP contribution in [0.1, 0.15) is 43.0 Å². The van der Waals surface area contributed by atoms with Gasteiger partial charge in [0.25, 0.3) is 0 Å². The molecule has 1 saturated carbocycles. The SMILES string of the molecule is CC1(CNc2ncnc3cc(C(=O)O)ccc23)CCCC1. The highest BCUT2D eigenvalue weighted by atomic mass is 16.4. The highest BCUT2D eigenvalue weighted by molar-refractivity contribution is 5.96. The predicted molar refractivity (Wildman–Crippen MR) is 81.6 cm³/mol. The number of aromatic carboxylic acids is 1. The average Bonchev–Trinajstić information content (AvgIpc) is 2.91. The lowest BCUT2D eigenvalue weighted by molar-refractivity contribution is 0.0697. The molecule has 0 unspecified atom stereocenters. The molecule has 2 aromatic rings. The summed E-state index contributed by atoms with van der Waals surface area (Å²) < 4.78 is 0. The summed E-state index contributed by atoms with van der Waals surface area (Å²) in [7, 11) is 0. The molecule has 0 saturated heterocycles. The Morgan fingerprint density at radius 2 is 2.10 bits per heavy atom. The third-order valence-electron chi connectivity index (χ3n) is 4.38. The zero-order valence-corrected chi connectivity index (χ0v) is 12.1. The van der Waals surface area contributed by atoms with E-state index in [9.17, 15) is 4.79 Å². The number of fused-ring (bicyclic) bond motifs is 1. The number of carboxylic acid groups (broad SMARTS) is 1. The number of carboxylic acids is 1. The van der Waals surface area contributed by atoms with Gasteiger partial charge in [-0.3, -0.25) is 0 Å². The Morgan fingerprint density at radius 3 is 2.81 bits per heavy atom. The van der Waals surface area contributed by atoms with Gasteiger partial charge in [0, 0.05) is 11.9 Å². The minimum absolute atomic E-state index is 0.245. The number of hydrogen-bond donors (Lipinski definition) is 2. The summed E-state index contributed by atoms with van der Waals surface area (Å²) in [6, 6.07) is 4.95. The molecule has 1 aromatic carbocycles. The van der Waals surface area contributed by atoms with Gasteiger partial charge in [-0.2, -0.15) is 0 Å². The van der Waals surface area contributed by atoms with E-state index in [0.29, 0.717) is 10.9 Å². The Bertz CT molecular complexity index is 678. The van der Waals surface area contributed by atoms with Crippen molar-refractivity contribution in [2.45, 2.75) is 32.6 Å². The number of anilines is 1. The van der Waals surface area contributed by atoms with Crippen molar-refractivity contribution < 1.29 is 9.90 Å². The maximum absolute atomic E-state index is 11.0. The smallest absolute Gasteiger partial charge is 0.335 e. The standard InChI is InChI=1S/C16H19N3O2/c1-16(6-2-3-7-16)9-17-14-12-5-4-11(15(20)21)8-13(12)18-10-19-14/h4-5,8,10H,2-3,6-7,9H2,1H3,(H,20,21)(H,17,18,19). The third kappa shape index (κ3) is 2.82. The molecule has 110 valence electrons. The topological polar surface area (TPSA) is 75.1 Å². The Balaban J connectivity index is 1.86. The van der Waals surface area contributed by atoms with Gasteiger partial charge in [0.05, 0.1) is 11.1 Å². The van der Waals surface area contributed by atoms with Crippen molar-refractivity contribution in [2.24, 2.45) is 5.41 Å². The van der Waals surface area contributed by atoms with Crippen LogP contribution >= 0.6 is 0 Å². The number of nitrogens with zero attached hydrogens (tertiary/aromatic N) is 2. The van der Waals surface area contributed by atoms with Gasteiger partial charge in [0.1, 0.15) is 12.1 Å². The molecule has 5 heteroatoms. The van der Waals surface area contributed by atoms with Gasteiger partial charge in [0.15, 0.2) is 0 Å². The lowest BCUT2D eigenvalue weighted by atomic mass is 9.89. The van der Waals surface area contributed by atoms with Crippen molar-refractivity contribution in [1.29, 1.82) is 0 Å². The molecule has 5 nitrogen and oxygen atoms in total. The second kappa shape index (κ2) is 5.31. The summed E-state index contributed by atoms with van der Waals surface area (Å²) >= 11 is 0. The molecule has 0 aliphatic heterocycles. The molecule has 0 spiro atoms. The van der Waals surface area contributed by atoms with Gasteiger partial charge in [0.2, 0.25) is 0 Å². The molecule has 0 radical (unpaired) electrons. The summed E-state index contributed by atoms with van der Waals surface area (Å²) in [4.78, 5) is 19.5. The van der Waals surface area contributed by atoms with E-state index in [1.54, 1.807) is 18.2 Å². The number of hydrogen-bond acceptors (Lipinski definition) is 4. The van der Waals surface area contributed by atoms with E-state index in [2.05, 4.69) is 22.2 Å². The minimum Gasteiger partial charge on any atom is -0.478 e. The van der Waals surface area contributed by atoms with Gasteiger partial charge < -0.3 is 10.4 Å². The van der Waals surface area contributed by atoms with Crippen LogP contribution in [0.5, 0.6) is 0 Å². The molecule has 2 N–H and O–H groups in total. The molecule has 1 aromatic heterocycles. The number of nitrogens with one attached hydrogen (secondary N) is 1. The molecule has 1 heterocycles. The van der Waals surface area contributed by atoms with Crippen LogP contribution in [-0.2, 0) is 0 Å². The first-order valence-corrected chi connectivity index (χ1v) is 7.29. The summed E-state index contributed by atoms with van der Waals surface area (Å²) in [6.45, 7) is 3.19. The van der Waals surface area contributed by atoms with Crippen LogP contribution in [-0.4, -0.2) is 27.6 Å². The zero-order valence-electron chi connectivity index (χ0n) is 12.1. The highest BCUT2D eigenvalue weighted by Crippen LogP contribution is 2.37. The van der Waals surface area contributed by atoms with E-state index < -0.39 is 5.97 Å². The van der Waals surface area contributed by atoms with Crippen molar-refractivity contribution in [3.63, 3.8) is 0 Å². The largest absolute Gasteiger partial charge is 0.478 e. The summed E-state index contributed by atoms with van der Waals surface area (Å²) in [5.41, 5.74) is 1.23. The molecular formula is C16H19N3O2. The Morgan fingerprint density at radius 1 is 1.33 bits per heavy atom. The average molecular weight is 285 g/mol. The Labute approximate surface area is 123 Å². The van der Waals surface area contributed by atoms with Crippen LogP contribution in [0.4, 0.5) is 5.82 Å². The van der Waals surface area contributed by atoms with Gasteiger partial charge in [-0.25, -0.2) is 14.8 Å². The van der Waals surface area contributed by atoms with Crippen LogP contribution in [0.2, 0.25) is 0 Å². The molecule has 0 atom stereocenters. The van der Waals surface area contributed by atoms with Gasteiger partial charge in [-0.05, 0) is 36.5 Å². The monoisotopic (exact) mass is 285 g/mol. The molecule has 1 aliphatic rings.